The van der Waals surface area contributed by atoms with E-state index in [2.05, 4.69) is 4.74 Å². The molecular formula is C12H17Cl2NO3. The number of unbranched alkanes of at least 4 members (excludes halogenated alkanes) is 1. The molecule has 18 heavy (non-hydrogen) atoms. The van der Waals surface area contributed by atoms with E-state index in [0.29, 0.717) is 29.5 Å². The molecular weight excluding hydrogens is 277 g/mol. The van der Waals surface area contributed by atoms with Crippen molar-refractivity contribution in [1.82, 2.24) is 0 Å². The zero-order valence-corrected chi connectivity index (χ0v) is 11.7. The Morgan fingerprint density at radius 3 is 2.72 bits per heavy atom. The van der Waals surface area contributed by atoms with Gasteiger partial charge in [0.25, 0.3) is 0 Å². The Balaban J connectivity index is 0.00000289. The first-order valence-electron chi connectivity index (χ1n) is 5.38. The molecule has 0 radical (unpaired) electrons. The molecule has 1 rings (SSSR count). The van der Waals surface area contributed by atoms with Gasteiger partial charge in [0, 0.05) is 12.5 Å². The predicted octanol–water partition coefficient (Wildman–Crippen LogP) is 3.07. The number of rotatable bonds is 6. The van der Waals surface area contributed by atoms with E-state index in [0.717, 1.165) is 12.8 Å². The zero-order valence-electron chi connectivity index (χ0n) is 10.1. The van der Waals surface area contributed by atoms with Crippen LogP contribution in [0.5, 0.6) is 5.75 Å². The van der Waals surface area contributed by atoms with Crippen molar-refractivity contribution in [3.63, 3.8) is 0 Å². The third kappa shape index (κ3) is 5.98. The molecule has 102 valence electrons. The molecule has 0 bridgehead atoms. The van der Waals surface area contributed by atoms with Gasteiger partial charge in [-0.25, -0.2) is 0 Å². The maximum absolute atomic E-state index is 10.8. The number of carbonyl (C=O) groups is 1. The van der Waals surface area contributed by atoms with Gasteiger partial charge in [0.1, 0.15) is 5.75 Å². The molecule has 0 heterocycles. The Hall–Kier alpha value is -1.13. The first kappa shape index (κ1) is 16.9. The number of benzene rings is 1. The standard InChI is InChI=1S/C12H16ClNO3.ClH/c1-16-12(15)4-2-3-7-17-9-5-6-10(13)11(14)8-9;/h5-6,8H,2-4,7,14H2,1H3;1H. The molecule has 0 aliphatic heterocycles. The fraction of sp³-hybridized carbons (Fsp3) is 0.417. The van der Waals surface area contributed by atoms with E-state index in [-0.39, 0.29) is 18.4 Å². The normalized spacial score (nSPS) is 9.44. The molecule has 0 atom stereocenters. The molecule has 6 heteroatoms. The molecule has 0 fully saturated rings. The van der Waals surface area contributed by atoms with Gasteiger partial charge in [0.05, 0.1) is 24.4 Å². The van der Waals surface area contributed by atoms with Crippen LogP contribution in [-0.2, 0) is 9.53 Å². The lowest BCUT2D eigenvalue weighted by Crippen LogP contribution is -2.02. The third-order valence-corrected chi connectivity index (χ3v) is 2.58. The summed E-state index contributed by atoms with van der Waals surface area (Å²) in [5.41, 5.74) is 6.13. The maximum atomic E-state index is 10.8. The summed E-state index contributed by atoms with van der Waals surface area (Å²) in [6, 6.07) is 5.14. The molecule has 0 saturated heterocycles. The number of esters is 1. The summed E-state index contributed by atoms with van der Waals surface area (Å²) in [6.07, 6.45) is 1.95. The Labute approximate surface area is 118 Å². The van der Waals surface area contributed by atoms with Gasteiger partial charge in [0.15, 0.2) is 0 Å². The van der Waals surface area contributed by atoms with Crippen molar-refractivity contribution < 1.29 is 14.3 Å². The molecule has 0 aliphatic rings. The second-order valence-corrected chi connectivity index (χ2v) is 3.97. The van der Waals surface area contributed by atoms with Gasteiger partial charge < -0.3 is 15.2 Å². The van der Waals surface area contributed by atoms with Crippen LogP contribution in [0.1, 0.15) is 19.3 Å². The number of hydrogen-bond acceptors (Lipinski definition) is 4. The fourth-order valence-electron chi connectivity index (χ4n) is 1.28. The van der Waals surface area contributed by atoms with Crippen LogP contribution < -0.4 is 10.5 Å². The Bertz CT molecular complexity index is 386. The Morgan fingerprint density at radius 1 is 1.39 bits per heavy atom. The van der Waals surface area contributed by atoms with Crippen molar-refractivity contribution in [2.45, 2.75) is 19.3 Å². The SMILES string of the molecule is COC(=O)CCCCOc1ccc(Cl)c(N)c1.Cl. The summed E-state index contributed by atoms with van der Waals surface area (Å²) in [6.45, 7) is 0.540. The third-order valence-electron chi connectivity index (χ3n) is 2.24. The molecule has 1 aromatic rings. The van der Waals surface area contributed by atoms with E-state index in [1.807, 2.05) is 0 Å². The number of nitrogen functional groups attached to an aromatic ring is 1. The first-order chi connectivity index (χ1) is 8.13. The number of halogens is 2. The number of hydrogen-bond donors (Lipinski definition) is 1. The average Bonchev–Trinajstić information content (AvgIpc) is 2.33. The van der Waals surface area contributed by atoms with Crippen molar-refractivity contribution in [3.05, 3.63) is 23.2 Å². The highest BCUT2D eigenvalue weighted by Gasteiger charge is 2.01. The predicted molar refractivity (Wildman–Crippen MR) is 74.5 cm³/mol. The van der Waals surface area contributed by atoms with Crippen molar-refractivity contribution in [2.24, 2.45) is 0 Å². The Kier molecular flexibility index (Phi) is 8.33. The summed E-state index contributed by atoms with van der Waals surface area (Å²) in [5.74, 6) is 0.491. The largest absolute Gasteiger partial charge is 0.494 e. The lowest BCUT2D eigenvalue weighted by Gasteiger charge is -2.07. The summed E-state index contributed by atoms with van der Waals surface area (Å²) >= 11 is 5.78. The highest BCUT2D eigenvalue weighted by atomic mass is 35.5. The van der Waals surface area contributed by atoms with Crippen molar-refractivity contribution in [2.75, 3.05) is 19.5 Å². The van der Waals surface area contributed by atoms with Gasteiger partial charge in [0.2, 0.25) is 0 Å². The molecule has 0 spiro atoms. The topological polar surface area (TPSA) is 61.5 Å². The lowest BCUT2D eigenvalue weighted by atomic mass is 10.2. The average molecular weight is 294 g/mol. The second-order valence-electron chi connectivity index (χ2n) is 3.57. The van der Waals surface area contributed by atoms with E-state index in [9.17, 15) is 4.79 Å². The molecule has 0 unspecified atom stereocenters. The monoisotopic (exact) mass is 293 g/mol. The number of nitrogens with two attached hydrogens (primary N) is 1. The number of anilines is 1. The van der Waals surface area contributed by atoms with Gasteiger partial charge in [-0.15, -0.1) is 12.4 Å². The molecule has 0 aliphatic carbocycles. The van der Waals surface area contributed by atoms with Crippen LogP contribution in [0, 0.1) is 0 Å². The minimum Gasteiger partial charge on any atom is -0.494 e. The van der Waals surface area contributed by atoms with Gasteiger partial charge in [-0.3, -0.25) is 4.79 Å². The smallest absolute Gasteiger partial charge is 0.305 e. The van der Waals surface area contributed by atoms with Crippen molar-refractivity contribution in [1.29, 1.82) is 0 Å². The van der Waals surface area contributed by atoms with Gasteiger partial charge in [-0.1, -0.05) is 11.6 Å². The van der Waals surface area contributed by atoms with Crippen LogP contribution in [0.2, 0.25) is 5.02 Å². The van der Waals surface area contributed by atoms with E-state index in [4.69, 9.17) is 22.1 Å². The minimum atomic E-state index is -0.194. The fourth-order valence-corrected chi connectivity index (χ4v) is 1.39. The molecule has 0 aromatic heterocycles. The van der Waals surface area contributed by atoms with Crippen LogP contribution in [-0.4, -0.2) is 19.7 Å². The summed E-state index contributed by atoms with van der Waals surface area (Å²) in [7, 11) is 1.38. The molecule has 0 saturated carbocycles. The molecule has 0 amide bonds. The Morgan fingerprint density at radius 2 is 2.11 bits per heavy atom. The van der Waals surface area contributed by atoms with Crippen molar-refractivity contribution in [3.8, 4) is 5.75 Å². The van der Waals surface area contributed by atoms with Gasteiger partial charge in [-0.2, -0.15) is 0 Å². The quantitative estimate of drug-likeness (QED) is 0.497. The highest BCUT2D eigenvalue weighted by Crippen LogP contribution is 2.23. The van der Waals surface area contributed by atoms with Crippen molar-refractivity contribution >= 4 is 35.7 Å². The van der Waals surface area contributed by atoms with E-state index in [1.165, 1.54) is 7.11 Å². The number of ether oxygens (including phenoxy) is 2. The van der Waals surface area contributed by atoms with Crippen LogP contribution in [0.25, 0.3) is 0 Å². The van der Waals surface area contributed by atoms with Crippen LogP contribution in [0.3, 0.4) is 0 Å². The van der Waals surface area contributed by atoms with E-state index in [1.54, 1.807) is 18.2 Å². The molecule has 4 nitrogen and oxygen atoms in total. The van der Waals surface area contributed by atoms with Crippen LogP contribution in [0.4, 0.5) is 5.69 Å². The summed E-state index contributed by atoms with van der Waals surface area (Å²) in [5, 5.41) is 0.517. The summed E-state index contributed by atoms with van der Waals surface area (Å²) < 4.78 is 10.00. The van der Waals surface area contributed by atoms with E-state index < -0.39 is 0 Å². The zero-order chi connectivity index (χ0) is 12.7. The lowest BCUT2D eigenvalue weighted by molar-refractivity contribution is -0.140. The second kappa shape index (κ2) is 8.89. The maximum Gasteiger partial charge on any atom is 0.305 e. The minimum absolute atomic E-state index is 0. The van der Waals surface area contributed by atoms with Gasteiger partial charge >= 0.3 is 5.97 Å². The molecule has 2 N–H and O–H groups in total. The first-order valence-corrected chi connectivity index (χ1v) is 5.76. The summed E-state index contributed by atoms with van der Waals surface area (Å²) in [4.78, 5) is 10.8. The van der Waals surface area contributed by atoms with E-state index >= 15 is 0 Å². The van der Waals surface area contributed by atoms with Crippen LogP contribution >= 0.6 is 24.0 Å². The van der Waals surface area contributed by atoms with Crippen LogP contribution in [0.15, 0.2) is 18.2 Å². The molecule has 1 aromatic carbocycles. The highest BCUT2D eigenvalue weighted by molar-refractivity contribution is 6.33. The number of methoxy groups -OCH3 is 1. The number of carbonyl (C=O) groups excluding carboxylic acids is 1. The van der Waals surface area contributed by atoms with Gasteiger partial charge in [-0.05, 0) is 25.0 Å².